The molecule has 2 N–H and O–H groups in total. The Morgan fingerprint density at radius 3 is 2.48 bits per heavy atom. The number of rotatable bonds is 8. The molecule has 31 heavy (non-hydrogen) atoms. The quantitative estimate of drug-likeness (QED) is 0.606. The van der Waals surface area contributed by atoms with E-state index in [0.29, 0.717) is 31.8 Å². The number of hydrogen-bond acceptors (Lipinski definition) is 6. The molecule has 0 spiro atoms. The molecule has 0 bridgehead atoms. The number of carbonyl (C=O) groups excluding carboxylic acids is 1. The maximum absolute atomic E-state index is 13.7. The van der Waals surface area contributed by atoms with Crippen LogP contribution >= 0.6 is 0 Å². The summed E-state index contributed by atoms with van der Waals surface area (Å²) in [6, 6.07) is 5.48. The Morgan fingerprint density at radius 1 is 1.26 bits per heavy atom. The van der Waals surface area contributed by atoms with Gasteiger partial charge in [0.15, 0.2) is 0 Å². The number of likely N-dealkylation sites (N-methyl/N-ethyl adjacent to an activating group) is 1. The molecule has 2 aliphatic rings. The van der Waals surface area contributed by atoms with Crippen molar-refractivity contribution in [3.63, 3.8) is 0 Å². The molecule has 0 saturated carbocycles. The number of benzene rings is 1. The van der Waals surface area contributed by atoms with E-state index < -0.39 is 27.6 Å². The number of carbonyl (C=O) groups is 2. The lowest BCUT2D eigenvalue weighted by Gasteiger charge is -2.40. The number of carboxylic acid groups (broad SMARTS) is 1. The van der Waals surface area contributed by atoms with E-state index >= 15 is 0 Å². The van der Waals surface area contributed by atoms with E-state index in [1.807, 2.05) is 11.8 Å². The molecule has 3 atom stereocenters. The smallest absolute Gasteiger partial charge is 0.325 e. The van der Waals surface area contributed by atoms with Crippen molar-refractivity contribution >= 4 is 21.9 Å². The van der Waals surface area contributed by atoms with Gasteiger partial charge in [-0.1, -0.05) is 6.92 Å². The molecule has 0 unspecified atom stereocenters. The molecular formula is C21H31N3O6S. The Bertz CT molecular complexity index is 920. The first kappa shape index (κ1) is 23.5. The van der Waals surface area contributed by atoms with Crippen molar-refractivity contribution in [1.29, 1.82) is 0 Å². The fourth-order valence-electron chi connectivity index (χ4n) is 4.89. The Hall–Kier alpha value is -2.17. The maximum Gasteiger partial charge on any atom is 0.325 e. The zero-order chi connectivity index (χ0) is 22.8. The summed E-state index contributed by atoms with van der Waals surface area (Å²) < 4.78 is 33.8. The number of nitrogens with one attached hydrogen (secondary N) is 1. The van der Waals surface area contributed by atoms with Gasteiger partial charge in [0, 0.05) is 19.1 Å². The van der Waals surface area contributed by atoms with E-state index in [-0.39, 0.29) is 36.1 Å². The molecule has 3 rings (SSSR count). The van der Waals surface area contributed by atoms with Crippen molar-refractivity contribution in [3.8, 4) is 5.75 Å². The molecule has 1 aromatic carbocycles. The summed E-state index contributed by atoms with van der Waals surface area (Å²) in [6.07, 6.45) is 1.09. The third kappa shape index (κ3) is 4.28. The number of fused-ring (bicyclic) bond motifs is 1. The number of aliphatic carboxylic acids is 1. The summed E-state index contributed by atoms with van der Waals surface area (Å²) in [5.74, 6) is -0.807. The molecule has 172 valence electrons. The molecule has 2 heterocycles. The summed E-state index contributed by atoms with van der Waals surface area (Å²) in [5.41, 5.74) is -1.50. The number of amides is 1. The number of piperidine rings is 1. The van der Waals surface area contributed by atoms with Crippen LogP contribution in [0.1, 0.15) is 33.1 Å². The van der Waals surface area contributed by atoms with Gasteiger partial charge in [-0.25, -0.2) is 8.42 Å². The van der Waals surface area contributed by atoms with Gasteiger partial charge < -0.3 is 15.2 Å². The van der Waals surface area contributed by atoms with Gasteiger partial charge in [0.1, 0.15) is 11.3 Å². The minimum Gasteiger partial charge on any atom is -0.497 e. The van der Waals surface area contributed by atoms with Crippen LogP contribution in [0.15, 0.2) is 29.2 Å². The summed E-state index contributed by atoms with van der Waals surface area (Å²) in [4.78, 5) is 26.4. The molecule has 2 aliphatic heterocycles. The zero-order valence-corrected chi connectivity index (χ0v) is 19.0. The van der Waals surface area contributed by atoms with Crippen molar-refractivity contribution in [2.75, 3.05) is 33.3 Å². The van der Waals surface area contributed by atoms with Gasteiger partial charge in [0.25, 0.3) is 0 Å². The van der Waals surface area contributed by atoms with Crippen LogP contribution in [-0.4, -0.2) is 79.5 Å². The molecule has 2 fully saturated rings. The van der Waals surface area contributed by atoms with Gasteiger partial charge >= 0.3 is 5.97 Å². The number of hydrogen-bond donors (Lipinski definition) is 2. The number of carboxylic acids is 1. The Balaban J connectivity index is 1.99. The SMILES string of the molecule is CCNC(=O)CN1CC[C@H]2C[C@@](CC)(C(=O)O)N(S(=O)(=O)c3ccc(OC)cc3)[C@H]2C1. The lowest BCUT2D eigenvalue weighted by molar-refractivity contribution is -0.148. The predicted molar refractivity (Wildman–Crippen MR) is 114 cm³/mol. The first-order chi connectivity index (χ1) is 14.7. The van der Waals surface area contributed by atoms with Crippen LogP contribution in [0.4, 0.5) is 0 Å². The number of methoxy groups -OCH3 is 1. The fraction of sp³-hybridized carbons (Fsp3) is 0.619. The highest BCUT2D eigenvalue weighted by atomic mass is 32.2. The molecule has 0 aromatic heterocycles. The van der Waals surface area contributed by atoms with Crippen LogP contribution in [0.2, 0.25) is 0 Å². The average Bonchev–Trinajstić information content (AvgIpc) is 3.09. The van der Waals surface area contributed by atoms with E-state index in [0.717, 1.165) is 0 Å². The van der Waals surface area contributed by atoms with Gasteiger partial charge in [0.05, 0.1) is 18.6 Å². The molecule has 0 radical (unpaired) electrons. The summed E-state index contributed by atoms with van der Waals surface area (Å²) >= 11 is 0. The second-order valence-corrected chi connectivity index (χ2v) is 9.99. The minimum absolute atomic E-state index is 0.0360. The van der Waals surface area contributed by atoms with Crippen LogP contribution in [0, 0.1) is 5.92 Å². The van der Waals surface area contributed by atoms with Crippen LogP contribution in [0.5, 0.6) is 5.75 Å². The number of nitrogens with zero attached hydrogens (tertiary/aromatic N) is 2. The van der Waals surface area contributed by atoms with E-state index in [4.69, 9.17) is 4.74 Å². The molecular weight excluding hydrogens is 422 g/mol. The van der Waals surface area contributed by atoms with Gasteiger partial charge in [-0.15, -0.1) is 0 Å². The summed E-state index contributed by atoms with van der Waals surface area (Å²) in [6.45, 7) is 5.20. The second-order valence-electron chi connectivity index (χ2n) is 8.18. The highest BCUT2D eigenvalue weighted by Crippen LogP contribution is 2.47. The van der Waals surface area contributed by atoms with Gasteiger partial charge in [0.2, 0.25) is 15.9 Å². The van der Waals surface area contributed by atoms with Crippen LogP contribution in [0.3, 0.4) is 0 Å². The lowest BCUT2D eigenvalue weighted by Crippen LogP contribution is -2.58. The van der Waals surface area contributed by atoms with E-state index in [1.54, 1.807) is 19.1 Å². The molecule has 2 saturated heterocycles. The molecule has 9 nitrogen and oxygen atoms in total. The van der Waals surface area contributed by atoms with Crippen LogP contribution in [-0.2, 0) is 19.6 Å². The average molecular weight is 454 g/mol. The van der Waals surface area contributed by atoms with Gasteiger partial charge in [-0.3, -0.25) is 14.5 Å². The molecule has 10 heteroatoms. The fourth-order valence-corrected chi connectivity index (χ4v) is 6.94. The third-order valence-corrected chi connectivity index (χ3v) is 8.47. The highest BCUT2D eigenvalue weighted by Gasteiger charge is 2.61. The standard InChI is InChI=1S/C21H31N3O6S/c1-4-21(20(26)27)12-15-10-11-23(14-19(25)22-5-2)13-18(15)24(21)31(28,29)17-8-6-16(30-3)7-9-17/h6-9,15,18H,4-5,10-14H2,1-3H3,(H,22,25)(H,26,27)/t15-,18-,21-/m0/s1. The first-order valence-electron chi connectivity index (χ1n) is 10.6. The predicted octanol–water partition coefficient (Wildman–Crippen LogP) is 1.15. The molecule has 1 aromatic rings. The summed E-state index contributed by atoms with van der Waals surface area (Å²) in [7, 11) is -2.60. The number of likely N-dealkylation sites (tertiary alicyclic amines) is 1. The van der Waals surface area contributed by atoms with E-state index in [1.165, 1.54) is 23.5 Å². The minimum atomic E-state index is -4.09. The van der Waals surface area contributed by atoms with Crippen molar-refractivity contribution in [2.45, 2.75) is 49.6 Å². The Morgan fingerprint density at radius 2 is 1.94 bits per heavy atom. The third-order valence-electron chi connectivity index (χ3n) is 6.47. The summed E-state index contributed by atoms with van der Waals surface area (Å²) in [5, 5.41) is 12.9. The Kier molecular flexibility index (Phi) is 6.92. The van der Waals surface area contributed by atoms with Crippen molar-refractivity contribution < 1.29 is 27.9 Å². The second kappa shape index (κ2) is 9.13. The first-order valence-corrected chi connectivity index (χ1v) is 12.0. The molecule has 0 aliphatic carbocycles. The largest absolute Gasteiger partial charge is 0.497 e. The topological polar surface area (TPSA) is 116 Å². The van der Waals surface area contributed by atoms with Crippen molar-refractivity contribution in [1.82, 2.24) is 14.5 Å². The monoisotopic (exact) mass is 453 g/mol. The lowest BCUT2D eigenvalue weighted by atomic mass is 9.86. The Labute approximate surface area is 183 Å². The normalized spacial score (nSPS) is 26.9. The van der Waals surface area contributed by atoms with Crippen molar-refractivity contribution in [2.24, 2.45) is 5.92 Å². The number of ether oxygens (including phenoxy) is 1. The number of sulfonamides is 1. The highest BCUT2D eigenvalue weighted by molar-refractivity contribution is 7.89. The van der Waals surface area contributed by atoms with Gasteiger partial charge in [-0.2, -0.15) is 4.31 Å². The van der Waals surface area contributed by atoms with Crippen LogP contribution in [0.25, 0.3) is 0 Å². The zero-order valence-electron chi connectivity index (χ0n) is 18.2. The molecule has 1 amide bonds. The van der Waals surface area contributed by atoms with E-state index in [2.05, 4.69) is 5.32 Å². The van der Waals surface area contributed by atoms with Gasteiger partial charge in [-0.05, 0) is 62.9 Å². The van der Waals surface area contributed by atoms with Crippen LogP contribution < -0.4 is 10.1 Å². The van der Waals surface area contributed by atoms with Crippen molar-refractivity contribution in [3.05, 3.63) is 24.3 Å². The maximum atomic E-state index is 13.7. The van der Waals surface area contributed by atoms with E-state index in [9.17, 15) is 23.1 Å².